The Labute approximate surface area is 146 Å². The molecule has 0 spiro atoms. The molecular weight excluding hydrogens is 326 g/mol. The van der Waals surface area contributed by atoms with Crippen molar-refractivity contribution in [2.24, 2.45) is 0 Å². The van der Waals surface area contributed by atoms with E-state index in [0.717, 1.165) is 0 Å². The minimum absolute atomic E-state index is 0.00820. The van der Waals surface area contributed by atoms with E-state index in [-0.39, 0.29) is 24.3 Å². The van der Waals surface area contributed by atoms with Gasteiger partial charge in [0.05, 0.1) is 20.8 Å². The summed E-state index contributed by atoms with van der Waals surface area (Å²) in [6.07, 6.45) is 0. The predicted octanol–water partition coefficient (Wildman–Crippen LogP) is 0.124. The summed E-state index contributed by atoms with van der Waals surface area (Å²) in [7, 11) is 3.01. The highest BCUT2D eigenvalue weighted by Gasteiger charge is 2.22. The molecule has 1 N–H and O–H groups in total. The van der Waals surface area contributed by atoms with E-state index < -0.39 is 0 Å². The third-order valence-electron chi connectivity index (χ3n) is 4.12. The number of hydrogen-bond acceptors (Lipinski definition) is 5. The predicted molar refractivity (Wildman–Crippen MR) is 90.7 cm³/mol. The maximum atomic E-state index is 12.2. The van der Waals surface area contributed by atoms with Gasteiger partial charge < -0.3 is 24.6 Å². The zero-order valence-electron chi connectivity index (χ0n) is 14.7. The molecule has 0 saturated carbocycles. The monoisotopic (exact) mass is 349 g/mol. The smallest absolute Gasteiger partial charge is 0.251 e. The fourth-order valence-corrected chi connectivity index (χ4v) is 2.62. The van der Waals surface area contributed by atoms with Gasteiger partial charge >= 0.3 is 0 Å². The molecule has 1 saturated heterocycles. The van der Waals surface area contributed by atoms with Crippen molar-refractivity contribution in [3.05, 3.63) is 23.8 Å². The Morgan fingerprint density at radius 2 is 1.60 bits per heavy atom. The molecule has 0 bridgehead atoms. The van der Waals surface area contributed by atoms with Crippen molar-refractivity contribution in [1.82, 2.24) is 15.1 Å². The number of nitrogens with one attached hydrogen (secondary N) is 1. The van der Waals surface area contributed by atoms with Gasteiger partial charge in [0.15, 0.2) is 11.5 Å². The number of rotatable bonds is 5. The first kappa shape index (κ1) is 18.6. The van der Waals surface area contributed by atoms with Gasteiger partial charge in [-0.15, -0.1) is 0 Å². The average Bonchev–Trinajstić information content (AvgIpc) is 2.65. The van der Waals surface area contributed by atoms with Crippen LogP contribution in [0.15, 0.2) is 18.2 Å². The molecule has 3 amide bonds. The van der Waals surface area contributed by atoms with Crippen LogP contribution in [0.2, 0.25) is 0 Å². The number of nitrogens with zero attached hydrogens (tertiary/aromatic N) is 2. The van der Waals surface area contributed by atoms with E-state index in [0.29, 0.717) is 43.2 Å². The molecular formula is C17H23N3O5. The second kappa shape index (κ2) is 8.36. The Morgan fingerprint density at radius 1 is 1.00 bits per heavy atom. The first-order valence-electron chi connectivity index (χ1n) is 7.99. The lowest BCUT2D eigenvalue weighted by atomic mass is 10.2. The van der Waals surface area contributed by atoms with Gasteiger partial charge in [-0.05, 0) is 18.2 Å². The fraction of sp³-hybridized carbons (Fsp3) is 0.471. The van der Waals surface area contributed by atoms with Gasteiger partial charge in [-0.1, -0.05) is 0 Å². The first-order chi connectivity index (χ1) is 12.0. The van der Waals surface area contributed by atoms with E-state index in [2.05, 4.69) is 5.32 Å². The minimum atomic E-state index is -0.364. The Balaban J connectivity index is 1.87. The zero-order valence-corrected chi connectivity index (χ0v) is 14.7. The van der Waals surface area contributed by atoms with Crippen molar-refractivity contribution < 1.29 is 23.9 Å². The van der Waals surface area contributed by atoms with Crippen LogP contribution in [0.25, 0.3) is 0 Å². The second-order valence-electron chi connectivity index (χ2n) is 5.64. The van der Waals surface area contributed by atoms with Crippen LogP contribution >= 0.6 is 0 Å². The minimum Gasteiger partial charge on any atom is -0.493 e. The molecule has 0 unspecified atom stereocenters. The summed E-state index contributed by atoms with van der Waals surface area (Å²) in [5, 5.41) is 2.61. The number of benzene rings is 1. The maximum absolute atomic E-state index is 12.2. The molecule has 0 aromatic heterocycles. The van der Waals surface area contributed by atoms with Gasteiger partial charge in [0.25, 0.3) is 5.91 Å². The summed E-state index contributed by atoms with van der Waals surface area (Å²) in [4.78, 5) is 39.0. The molecule has 2 rings (SSSR count). The molecule has 1 aliphatic rings. The summed E-state index contributed by atoms with van der Waals surface area (Å²) >= 11 is 0. The van der Waals surface area contributed by atoms with Crippen molar-refractivity contribution >= 4 is 17.7 Å². The van der Waals surface area contributed by atoms with Crippen LogP contribution in [0.1, 0.15) is 17.3 Å². The lowest BCUT2D eigenvalue weighted by molar-refractivity contribution is -0.137. The van der Waals surface area contributed by atoms with E-state index in [1.807, 2.05) is 0 Å². The Bertz CT molecular complexity index is 654. The Kier molecular flexibility index (Phi) is 6.21. The molecule has 1 aliphatic heterocycles. The van der Waals surface area contributed by atoms with Crippen LogP contribution in [-0.4, -0.2) is 74.5 Å². The van der Waals surface area contributed by atoms with E-state index in [1.54, 1.807) is 28.0 Å². The van der Waals surface area contributed by atoms with Gasteiger partial charge in [-0.25, -0.2) is 0 Å². The standard InChI is InChI=1S/C17H23N3O5/c1-12(21)19-6-8-20(9-7-19)16(22)11-18-17(23)13-4-5-14(24-2)15(10-13)25-3/h4-5,10H,6-9,11H2,1-3H3,(H,18,23). The number of amides is 3. The van der Waals surface area contributed by atoms with Gasteiger partial charge in [0, 0.05) is 38.7 Å². The van der Waals surface area contributed by atoms with Gasteiger partial charge in [0.2, 0.25) is 11.8 Å². The normalized spacial score (nSPS) is 14.0. The van der Waals surface area contributed by atoms with E-state index in [9.17, 15) is 14.4 Å². The molecule has 8 nitrogen and oxygen atoms in total. The summed E-state index contributed by atoms with van der Waals surface area (Å²) in [5.74, 6) is 0.447. The topological polar surface area (TPSA) is 88.2 Å². The molecule has 0 aliphatic carbocycles. The van der Waals surface area contributed by atoms with Crippen LogP contribution in [-0.2, 0) is 9.59 Å². The second-order valence-corrected chi connectivity index (χ2v) is 5.64. The summed E-state index contributed by atoms with van der Waals surface area (Å²) in [6.45, 7) is 3.42. The third-order valence-corrected chi connectivity index (χ3v) is 4.12. The van der Waals surface area contributed by atoms with Gasteiger partial charge in [-0.2, -0.15) is 0 Å². The summed E-state index contributed by atoms with van der Waals surface area (Å²) in [6, 6.07) is 4.80. The largest absolute Gasteiger partial charge is 0.493 e. The lowest BCUT2D eigenvalue weighted by Gasteiger charge is -2.34. The van der Waals surface area contributed by atoms with Crippen LogP contribution in [0.4, 0.5) is 0 Å². The van der Waals surface area contributed by atoms with Gasteiger partial charge in [-0.3, -0.25) is 14.4 Å². The number of hydrogen-bond donors (Lipinski definition) is 1. The highest BCUT2D eigenvalue weighted by Crippen LogP contribution is 2.27. The average molecular weight is 349 g/mol. The van der Waals surface area contributed by atoms with E-state index >= 15 is 0 Å². The van der Waals surface area contributed by atoms with E-state index in [4.69, 9.17) is 9.47 Å². The SMILES string of the molecule is COc1ccc(C(=O)NCC(=O)N2CCN(C(C)=O)CC2)cc1OC. The highest BCUT2D eigenvalue weighted by atomic mass is 16.5. The third kappa shape index (κ3) is 4.62. The fourth-order valence-electron chi connectivity index (χ4n) is 2.62. The van der Waals surface area contributed by atoms with Crippen LogP contribution in [0, 0.1) is 0 Å². The Hall–Kier alpha value is -2.77. The maximum Gasteiger partial charge on any atom is 0.251 e. The molecule has 1 heterocycles. The quantitative estimate of drug-likeness (QED) is 0.816. The zero-order chi connectivity index (χ0) is 18.4. The van der Waals surface area contributed by atoms with E-state index in [1.165, 1.54) is 21.1 Å². The summed E-state index contributed by atoms with van der Waals surface area (Å²) < 4.78 is 10.3. The van der Waals surface area contributed by atoms with Crippen LogP contribution in [0.3, 0.4) is 0 Å². The highest BCUT2D eigenvalue weighted by molar-refractivity contribution is 5.97. The van der Waals surface area contributed by atoms with Crippen molar-refractivity contribution in [1.29, 1.82) is 0 Å². The number of methoxy groups -OCH3 is 2. The van der Waals surface area contributed by atoms with Crippen LogP contribution < -0.4 is 14.8 Å². The summed E-state index contributed by atoms with van der Waals surface area (Å²) in [5.41, 5.74) is 0.381. The number of carbonyl (C=O) groups excluding carboxylic acids is 3. The number of carbonyl (C=O) groups is 3. The van der Waals surface area contributed by atoms with Crippen molar-refractivity contribution in [2.75, 3.05) is 46.9 Å². The molecule has 25 heavy (non-hydrogen) atoms. The number of ether oxygens (including phenoxy) is 2. The van der Waals surface area contributed by atoms with Crippen LogP contribution in [0.5, 0.6) is 11.5 Å². The molecule has 0 radical (unpaired) electrons. The molecule has 8 heteroatoms. The lowest BCUT2D eigenvalue weighted by Crippen LogP contribution is -2.52. The van der Waals surface area contributed by atoms with Crippen molar-refractivity contribution in [3.63, 3.8) is 0 Å². The molecule has 1 aromatic carbocycles. The van der Waals surface area contributed by atoms with Gasteiger partial charge in [0.1, 0.15) is 0 Å². The molecule has 0 atom stereocenters. The first-order valence-corrected chi connectivity index (χ1v) is 7.99. The molecule has 1 fully saturated rings. The van der Waals surface area contributed by atoms with Crippen molar-refractivity contribution in [3.8, 4) is 11.5 Å². The Morgan fingerprint density at radius 3 is 2.16 bits per heavy atom. The molecule has 1 aromatic rings. The number of piperazine rings is 1. The molecule has 136 valence electrons. The van der Waals surface area contributed by atoms with Crippen molar-refractivity contribution in [2.45, 2.75) is 6.92 Å².